The molecule has 0 radical (unpaired) electrons. The molecule has 2 N–H and O–H groups in total. The number of benzene rings is 4. The van der Waals surface area contributed by atoms with Crippen LogP contribution in [-0.4, -0.2) is 4.98 Å². The highest BCUT2D eigenvalue weighted by Gasteiger charge is 2.30. The summed E-state index contributed by atoms with van der Waals surface area (Å²) < 4.78 is 39.7. The Morgan fingerprint density at radius 2 is 1.32 bits per heavy atom. The van der Waals surface area contributed by atoms with Crippen LogP contribution in [0.15, 0.2) is 102 Å². The highest BCUT2D eigenvalue weighted by Crippen LogP contribution is 2.37. The Morgan fingerprint density at radius 3 is 1.92 bits per heavy atom. The van der Waals surface area contributed by atoms with Crippen LogP contribution in [0.4, 0.5) is 24.5 Å². The quantitative estimate of drug-likeness (QED) is 0.219. The largest absolute Gasteiger partial charge is 0.416 e. The number of rotatable bonds is 5. The molecule has 1 heterocycles. The number of fused-ring (bicyclic) bond motifs is 1. The number of aromatic amines is 1. The molecule has 0 fully saturated rings. The normalized spacial score (nSPS) is 11.7. The number of anilines is 2. The molecule has 186 valence electrons. The van der Waals surface area contributed by atoms with Crippen LogP contribution in [0, 0.1) is 0 Å². The van der Waals surface area contributed by atoms with Gasteiger partial charge in [0.25, 0.3) is 0 Å². The van der Waals surface area contributed by atoms with Crippen LogP contribution in [0.3, 0.4) is 0 Å². The zero-order valence-corrected chi connectivity index (χ0v) is 20.6. The van der Waals surface area contributed by atoms with Crippen LogP contribution in [0.25, 0.3) is 10.9 Å². The number of hydrogen-bond donors (Lipinski definition) is 2. The summed E-state index contributed by atoms with van der Waals surface area (Å²) in [5.74, 6) is -0.188. The Balaban J connectivity index is 1.64. The number of pyridine rings is 1. The Morgan fingerprint density at radius 1 is 0.730 bits per heavy atom. The molecule has 1 aromatic heterocycles. The highest BCUT2D eigenvalue weighted by atomic mass is 35.5. The van der Waals surface area contributed by atoms with E-state index in [1.54, 1.807) is 6.07 Å². The maximum Gasteiger partial charge on any atom is 0.416 e. The van der Waals surface area contributed by atoms with E-state index in [0.717, 1.165) is 28.8 Å². The van der Waals surface area contributed by atoms with Gasteiger partial charge in [-0.1, -0.05) is 59.6 Å². The minimum atomic E-state index is -4.48. The summed E-state index contributed by atoms with van der Waals surface area (Å²) >= 11 is 12.3. The van der Waals surface area contributed by atoms with Gasteiger partial charge < -0.3 is 10.3 Å². The summed E-state index contributed by atoms with van der Waals surface area (Å²) in [6.45, 7) is 0. The molecule has 37 heavy (non-hydrogen) atoms. The summed E-state index contributed by atoms with van der Waals surface area (Å²) in [6.07, 6.45) is -4.48. The lowest BCUT2D eigenvalue weighted by Gasteiger charge is -2.20. The van der Waals surface area contributed by atoms with Gasteiger partial charge in [-0.3, -0.25) is 4.79 Å². The average molecular weight is 539 g/mol. The average Bonchev–Trinajstić information content (AvgIpc) is 2.86. The SMILES string of the molecule is O=c1cc(Nc2cccc(C(F)(F)F)c2)c2cc(C(c3ccc(Cl)cc3)c3ccc(Cl)cc3)ccc2[nH]1. The molecule has 3 nitrogen and oxygen atoms in total. The number of halogens is 5. The Hall–Kier alpha value is -3.74. The lowest BCUT2D eigenvalue weighted by atomic mass is 9.84. The molecule has 8 heteroatoms. The van der Waals surface area contributed by atoms with Crippen molar-refractivity contribution in [1.29, 1.82) is 0 Å². The first-order chi connectivity index (χ1) is 17.7. The number of H-pyrrole nitrogens is 1. The van der Waals surface area contributed by atoms with E-state index in [-0.39, 0.29) is 17.2 Å². The predicted octanol–water partition coefficient (Wildman–Crippen LogP) is 8.78. The second-order valence-corrected chi connectivity index (χ2v) is 9.46. The topological polar surface area (TPSA) is 44.9 Å². The lowest BCUT2D eigenvalue weighted by molar-refractivity contribution is -0.137. The number of alkyl halides is 3. The zero-order chi connectivity index (χ0) is 26.2. The molecular formula is C29H19Cl2F3N2O. The van der Waals surface area contributed by atoms with Gasteiger partial charge >= 0.3 is 6.18 Å². The van der Waals surface area contributed by atoms with Crippen molar-refractivity contribution in [1.82, 2.24) is 4.98 Å². The van der Waals surface area contributed by atoms with E-state index in [4.69, 9.17) is 23.2 Å². The molecule has 0 spiro atoms. The van der Waals surface area contributed by atoms with E-state index >= 15 is 0 Å². The van der Waals surface area contributed by atoms with Gasteiger partial charge in [-0.15, -0.1) is 0 Å². The fraction of sp³-hybridized carbons (Fsp3) is 0.0690. The van der Waals surface area contributed by atoms with Crippen LogP contribution >= 0.6 is 23.2 Å². The number of aromatic nitrogens is 1. The highest BCUT2D eigenvalue weighted by molar-refractivity contribution is 6.30. The monoisotopic (exact) mass is 538 g/mol. The van der Waals surface area contributed by atoms with Gasteiger partial charge in [0, 0.05) is 33.1 Å². The van der Waals surface area contributed by atoms with Crippen LogP contribution in [0.1, 0.15) is 28.2 Å². The molecule has 5 rings (SSSR count). The molecule has 0 amide bonds. The summed E-state index contributed by atoms with van der Waals surface area (Å²) in [5.41, 5.74) is 2.91. The van der Waals surface area contributed by atoms with E-state index in [2.05, 4.69) is 10.3 Å². The lowest BCUT2D eigenvalue weighted by Crippen LogP contribution is -2.09. The van der Waals surface area contributed by atoms with Crippen LogP contribution in [0.5, 0.6) is 0 Å². The summed E-state index contributed by atoms with van der Waals surface area (Å²) in [6, 6.07) is 26.9. The second kappa shape index (κ2) is 9.96. The van der Waals surface area contributed by atoms with Crippen molar-refractivity contribution < 1.29 is 13.2 Å². The van der Waals surface area contributed by atoms with Gasteiger partial charge in [0.15, 0.2) is 0 Å². The summed E-state index contributed by atoms with van der Waals surface area (Å²) in [7, 11) is 0. The number of nitrogens with one attached hydrogen (secondary N) is 2. The molecule has 0 saturated carbocycles. The van der Waals surface area contributed by atoms with Crippen molar-refractivity contribution in [2.45, 2.75) is 12.1 Å². The molecule has 5 aromatic rings. The van der Waals surface area contributed by atoms with Crippen molar-refractivity contribution in [3.05, 3.63) is 140 Å². The predicted molar refractivity (Wildman–Crippen MR) is 143 cm³/mol. The molecule has 0 atom stereocenters. The van der Waals surface area contributed by atoms with E-state index in [0.29, 0.717) is 26.6 Å². The fourth-order valence-electron chi connectivity index (χ4n) is 4.37. The van der Waals surface area contributed by atoms with Crippen LogP contribution in [0.2, 0.25) is 10.0 Å². The van der Waals surface area contributed by atoms with E-state index < -0.39 is 11.7 Å². The third-order valence-corrected chi connectivity index (χ3v) is 6.58. The molecule has 0 aliphatic heterocycles. The standard InChI is InChI=1S/C29H19Cl2F3N2O/c30-21-9-4-17(5-10-21)28(18-6-11-22(31)12-7-18)19-8-13-25-24(14-19)26(16-27(37)36-25)35-23-3-1-2-20(15-23)29(32,33)34/h1-16,28H,(H2,35,36,37). The van der Waals surface area contributed by atoms with E-state index in [1.165, 1.54) is 18.2 Å². The third-order valence-electron chi connectivity index (χ3n) is 6.08. The van der Waals surface area contributed by atoms with Gasteiger partial charge in [-0.25, -0.2) is 0 Å². The third kappa shape index (κ3) is 5.50. The van der Waals surface area contributed by atoms with Crippen molar-refractivity contribution in [2.75, 3.05) is 5.32 Å². The van der Waals surface area contributed by atoms with Crippen LogP contribution in [-0.2, 0) is 6.18 Å². The second-order valence-electron chi connectivity index (χ2n) is 8.59. The molecule has 0 bridgehead atoms. The summed E-state index contributed by atoms with van der Waals surface area (Å²) in [4.78, 5) is 15.1. The molecule has 0 aliphatic carbocycles. The van der Waals surface area contributed by atoms with Crippen molar-refractivity contribution in [3.8, 4) is 0 Å². The molecule has 0 unspecified atom stereocenters. The molecule has 4 aromatic carbocycles. The van der Waals surface area contributed by atoms with Gasteiger partial charge in [0.2, 0.25) is 5.56 Å². The first kappa shape index (κ1) is 24.9. The Labute approximate surface area is 220 Å². The van der Waals surface area contributed by atoms with E-state index in [9.17, 15) is 18.0 Å². The Bertz CT molecular complexity index is 1580. The van der Waals surface area contributed by atoms with Crippen molar-refractivity contribution in [3.63, 3.8) is 0 Å². The Kier molecular flexibility index (Phi) is 6.71. The molecular weight excluding hydrogens is 520 g/mol. The van der Waals surface area contributed by atoms with Gasteiger partial charge in [-0.2, -0.15) is 13.2 Å². The fourth-order valence-corrected chi connectivity index (χ4v) is 4.62. The first-order valence-electron chi connectivity index (χ1n) is 11.3. The van der Waals surface area contributed by atoms with E-state index in [1.807, 2.05) is 60.7 Å². The van der Waals surface area contributed by atoms with Gasteiger partial charge in [-0.05, 0) is 71.3 Å². The smallest absolute Gasteiger partial charge is 0.355 e. The summed E-state index contributed by atoms with van der Waals surface area (Å²) in [5, 5.41) is 4.89. The van der Waals surface area contributed by atoms with Crippen molar-refractivity contribution >= 4 is 45.5 Å². The van der Waals surface area contributed by atoms with Gasteiger partial charge in [0.05, 0.1) is 16.8 Å². The zero-order valence-electron chi connectivity index (χ0n) is 19.1. The first-order valence-corrected chi connectivity index (χ1v) is 12.1. The molecule has 0 aliphatic rings. The number of hydrogen-bond acceptors (Lipinski definition) is 2. The van der Waals surface area contributed by atoms with Crippen LogP contribution < -0.4 is 10.9 Å². The molecule has 0 saturated heterocycles. The minimum absolute atomic E-state index is 0.188. The van der Waals surface area contributed by atoms with Gasteiger partial charge in [0.1, 0.15) is 0 Å². The maximum absolute atomic E-state index is 13.2. The minimum Gasteiger partial charge on any atom is -0.355 e. The van der Waals surface area contributed by atoms with Crippen molar-refractivity contribution in [2.24, 2.45) is 0 Å². The maximum atomic E-state index is 13.2.